The second kappa shape index (κ2) is 6.15. The van der Waals surface area contributed by atoms with Crippen LogP contribution in [0.3, 0.4) is 0 Å². The van der Waals surface area contributed by atoms with Crippen LogP contribution in [0, 0.1) is 11.7 Å². The van der Waals surface area contributed by atoms with Crippen LogP contribution in [0.5, 0.6) is 0 Å². The minimum atomic E-state index is -0.486. The van der Waals surface area contributed by atoms with Crippen LogP contribution in [0.25, 0.3) is 0 Å². The Balaban J connectivity index is 1.93. The Labute approximate surface area is 123 Å². The molecule has 98 valence electrons. The van der Waals surface area contributed by atoms with Crippen molar-refractivity contribution in [3.8, 4) is 0 Å². The minimum absolute atomic E-state index is 0.0952. The van der Waals surface area contributed by atoms with E-state index in [2.05, 4.69) is 37.2 Å². The summed E-state index contributed by atoms with van der Waals surface area (Å²) in [5.74, 6) is -0.333. The van der Waals surface area contributed by atoms with Gasteiger partial charge < -0.3 is 5.32 Å². The van der Waals surface area contributed by atoms with E-state index in [1.807, 2.05) is 0 Å². The smallest absolute Gasteiger partial charge is 0.254 e. The minimum Gasteiger partial charge on any atom is -0.352 e. The lowest BCUT2D eigenvalue weighted by Crippen LogP contribution is -2.29. The molecule has 2 unspecified atom stereocenters. The van der Waals surface area contributed by atoms with Crippen molar-refractivity contribution in [2.24, 2.45) is 5.92 Å². The summed E-state index contributed by atoms with van der Waals surface area (Å²) in [5, 5.41) is 2.81. The Morgan fingerprint density at radius 2 is 2.22 bits per heavy atom. The molecule has 1 N–H and O–H groups in total. The van der Waals surface area contributed by atoms with Gasteiger partial charge in [-0.2, -0.15) is 0 Å². The molecule has 1 fully saturated rings. The fraction of sp³-hybridized carbons (Fsp3) is 0.462. The Morgan fingerprint density at radius 1 is 1.44 bits per heavy atom. The number of carbonyl (C=O) groups is 1. The highest BCUT2D eigenvalue weighted by molar-refractivity contribution is 9.10. The molecular weight excluding hydrogens is 365 g/mol. The number of hydrogen-bond donors (Lipinski definition) is 1. The van der Waals surface area contributed by atoms with Crippen molar-refractivity contribution in [2.45, 2.75) is 24.1 Å². The fourth-order valence-electron chi connectivity index (χ4n) is 2.20. The van der Waals surface area contributed by atoms with E-state index in [1.54, 1.807) is 6.07 Å². The average molecular weight is 379 g/mol. The molecule has 2 nitrogen and oxygen atoms in total. The molecule has 1 aromatic carbocycles. The largest absolute Gasteiger partial charge is 0.352 e. The van der Waals surface area contributed by atoms with E-state index < -0.39 is 5.82 Å². The first kappa shape index (κ1) is 14.0. The zero-order valence-electron chi connectivity index (χ0n) is 9.76. The Kier molecular flexibility index (Phi) is 4.78. The van der Waals surface area contributed by atoms with Gasteiger partial charge in [0.05, 0.1) is 5.56 Å². The van der Waals surface area contributed by atoms with Gasteiger partial charge in [0, 0.05) is 15.8 Å². The Morgan fingerprint density at radius 3 is 2.89 bits per heavy atom. The van der Waals surface area contributed by atoms with Gasteiger partial charge in [0.15, 0.2) is 0 Å². The van der Waals surface area contributed by atoms with E-state index in [4.69, 9.17) is 0 Å². The number of nitrogens with one attached hydrogen (secondary N) is 1. The summed E-state index contributed by atoms with van der Waals surface area (Å²) in [7, 11) is 0. The predicted molar refractivity (Wildman–Crippen MR) is 76.5 cm³/mol. The molecule has 2 atom stereocenters. The van der Waals surface area contributed by atoms with Gasteiger partial charge in [0.2, 0.25) is 0 Å². The highest BCUT2D eigenvalue weighted by Gasteiger charge is 2.23. The van der Waals surface area contributed by atoms with Crippen molar-refractivity contribution < 1.29 is 9.18 Å². The fourth-order valence-corrected chi connectivity index (χ4v) is 3.36. The van der Waals surface area contributed by atoms with Gasteiger partial charge in [-0.25, -0.2) is 4.39 Å². The summed E-state index contributed by atoms with van der Waals surface area (Å²) >= 11 is 6.81. The van der Waals surface area contributed by atoms with Gasteiger partial charge in [-0.3, -0.25) is 4.79 Å². The van der Waals surface area contributed by atoms with Crippen LogP contribution in [0.1, 0.15) is 29.6 Å². The zero-order valence-corrected chi connectivity index (χ0v) is 12.9. The molecule has 2 rings (SSSR count). The first-order valence-corrected chi connectivity index (χ1v) is 7.64. The SMILES string of the molecule is O=C(NCC1CCC(Br)C1)c1cc(Br)ccc1F. The molecule has 1 aromatic rings. The third-order valence-corrected chi connectivity index (χ3v) is 4.53. The summed E-state index contributed by atoms with van der Waals surface area (Å²) in [4.78, 5) is 12.4. The molecule has 1 saturated carbocycles. The van der Waals surface area contributed by atoms with Gasteiger partial charge in [-0.05, 0) is 43.4 Å². The second-order valence-electron chi connectivity index (χ2n) is 4.61. The molecule has 1 aliphatic rings. The summed E-state index contributed by atoms with van der Waals surface area (Å²) in [6, 6.07) is 4.38. The van der Waals surface area contributed by atoms with E-state index >= 15 is 0 Å². The highest BCUT2D eigenvalue weighted by atomic mass is 79.9. The molecule has 1 aliphatic carbocycles. The van der Waals surface area contributed by atoms with Crippen LogP contribution in [0.2, 0.25) is 0 Å². The van der Waals surface area contributed by atoms with E-state index in [0.717, 1.165) is 19.3 Å². The number of benzene rings is 1. The highest BCUT2D eigenvalue weighted by Crippen LogP contribution is 2.30. The van der Waals surface area contributed by atoms with Crippen molar-refractivity contribution in [1.82, 2.24) is 5.32 Å². The maximum Gasteiger partial charge on any atom is 0.254 e. The van der Waals surface area contributed by atoms with Crippen LogP contribution in [0.15, 0.2) is 22.7 Å². The van der Waals surface area contributed by atoms with E-state index in [1.165, 1.54) is 12.1 Å². The Bertz CT molecular complexity index is 453. The molecule has 18 heavy (non-hydrogen) atoms. The molecule has 5 heteroatoms. The summed E-state index contributed by atoms with van der Waals surface area (Å²) < 4.78 is 14.2. The molecule has 0 aliphatic heterocycles. The predicted octanol–water partition coefficient (Wildman–Crippen LogP) is 3.88. The van der Waals surface area contributed by atoms with Gasteiger partial charge in [-0.15, -0.1) is 0 Å². The lowest BCUT2D eigenvalue weighted by molar-refractivity contribution is 0.0943. The summed E-state index contributed by atoms with van der Waals surface area (Å²) in [5.41, 5.74) is 0.0952. The quantitative estimate of drug-likeness (QED) is 0.794. The van der Waals surface area contributed by atoms with Crippen LogP contribution in [-0.4, -0.2) is 17.3 Å². The number of amides is 1. The maximum atomic E-state index is 13.5. The lowest BCUT2D eigenvalue weighted by Gasteiger charge is -2.11. The third-order valence-electron chi connectivity index (χ3n) is 3.20. The van der Waals surface area contributed by atoms with Crippen molar-refractivity contribution in [1.29, 1.82) is 0 Å². The van der Waals surface area contributed by atoms with Crippen LogP contribution >= 0.6 is 31.9 Å². The zero-order chi connectivity index (χ0) is 13.1. The maximum absolute atomic E-state index is 13.5. The van der Waals surface area contributed by atoms with Crippen molar-refractivity contribution in [3.05, 3.63) is 34.1 Å². The van der Waals surface area contributed by atoms with E-state index in [-0.39, 0.29) is 11.5 Å². The normalized spacial score (nSPS) is 23.1. The molecule has 0 bridgehead atoms. The van der Waals surface area contributed by atoms with E-state index in [0.29, 0.717) is 21.8 Å². The number of halogens is 3. The lowest BCUT2D eigenvalue weighted by atomic mass is 10.1. The van der Waals surface area contributed by atoms with Crippen LogP contribution in [0.4, 0.5) is 4.39 Å². The van der Waals surface area contributed by atoms with Crippen molar-refractivity contribution in [3.63, 3.8) is 0 Å². The number of hydrogen-bond acceptors (Lipinski definition) is 1. The molecule has 0 spiro atoms. The number of alkyl halides is 1. The van der Waals surface area contributed by atoms with Crippen molar-refractivity contribution >= 4 is 37.8 Å². The third kappa shape index (κ3) is 3.54. The first-order valence-electron chi connectivity index (χ1n) is 5.93. The number of carbonyl (C=O) groups excluding carboxylic acids is 1. The second-order valence-corrected chi connectivity index (χ2v) is 6.82. The van der Waals surface area contributed by atoms with Gasteiger partial charge in [0.1, 0.15) is 5.82 Å². The topological polar surface area (TPSA) is 29.1 Å². The first-order chi connectivity index (χ1) is 8.56. The summed E-state index contributed by atoms with van der Waals surface area (Å²) in [6.45, 7) is 0.618. The molecule has 1 amide bonds. The molecule has 0 heterocycles. The van der Waals surface area contributed by atoms with Crippen LogP contribution < -0.4 is 5.32 Å². The van der Waals surface area contributed by atoms with E-state index in [9.17, 15) is 9.18 Å². The van der Waals surface area contributed by atoms with Gasteiger partial charge in [-0.1, -0.05) is 31.9 Å². The molecule has 0 saturated heterocycles. The standard InChI is InChI=1S/C13H14Br2FNO/c14-9-2-1-8(5-9)7-17-13(18)11-6-10(15)3-4-12(11)16/h3-4,6,8-9H,1-2,5,7H2,(H,17,18). The Hall–Kier alpha value is -0.420. The van der Waals surface area contributed by atoms with Crippen LogP contribution in [-0.2, 0) is 0 Å². The average Bonchev–Trinajstić information content (AvgIpc) is 2.75. The molecule has 0 aromatic heterocycles. The van der Waals surface area contributed by atoms with Gasteiger partial charge in [0.25, 0.3) is 5.91 Å². The van der Waals surface area contributed by atoms with Gasteiger partial charge >= 0.3 is 0 Å². The van der Waals surface area contributed by atoms with Crippen molar-refractivity contribution in [2.75, 3.05) is 6.54 Å². The summed E-state index contributed by atoms with van der Waals surface area (Å²) in [6.07, 6.45) is 3.32. The molecule has 0 radical (unpaired) electrons. The molecular formula is C13H14Br2FNO. The monoisotopic (exact) mass is 377 g/mol. The number of rotatable bonds is 3.